The van der Waals surface area contributed by atoms with Gasteiger partial charge in [0.1, 0.15) is 0 Å². The van der Waals surface area contributed by atoms with Crippen molar-refractivity contribution in [3.63, 3.8) is 0 Å². The van der Waals surface area contributed by atoms with Crippen LogP contribution < -0.4 is 10.2 Å². The van der Waals surface area contributed by atoms with Crippen molar-refractivity contribution < 1.29 is 0 Å². The average Bonchev–Trinajstić information content (AvgIpc) is 2.48. The van der Waals surface area contributed by atoms with Gasteiger partial charge in [0.15, 0.2) is 0 Å². The second kappa shape index (κ2) is 7.28. The second-order valence-electron chi connectivity index (χ2n) is 5.75. The summed E-state index contributed by atoms with van der Waals surface area (Å²) in [5, 5.41) is 3.42. The molecule has 2 heteroatoms. The van der Waals surface area contributed by atoms with Crippen molar-refractivity contribution in [3.8, 4) is 0 Å². The van der Waals surface area contributed by atoms with Gasteiger partial charge in [-0.25, -0.2) is 0 Å². The van der Waals surface area contributed by atoms with Gasteiger partial charge in [0.05, 0.1) is 0 Å². The molecule has 0 aliphatic rings. The van der Waals surface area contributed by atoms with Gasteiger partial charge in [0.25, 0.3) is 0 Å². The lowest BCUT2D eigenvalue weighted by Gasteiger charge is -2.25. The van der Waals surface area contributed by atoms with Gasteiger partial charge in [-0.05, 0) is 44.5 Å². The molecule has 0 aromatic heterocycles. The fourth-order valence-electron chi connectivity index (χ4n) is 2.84. The summed E-state index contributed by atoms with van der Waals surface area (Å²) in [7, 11) is 4.21. The minimum absolute atomic E-state index is 0.402. The van der Waals surface area contributed by atoms with Crippen molar-refractivity contribution in [2.45, 2.75) is 26.3 Å². The third kappa shape index (κ3) is 4.08. The Morgan fingerprint density at radius 3 is 2.38 bits per heavy atom. The third-order valence-corrected chi connectivity index (χ3v) is 4.07. The third-order valence-electron chi connectivity index (χ3n) is 4.07. The molecule has 0 spiro atoms. The van der Waals surface area contributed by atoms with E-state index < -0.39 is 0 Å². The van der Waals surface area contributed by atoms with Gasteiger partial charge in [0.2, 0.25) is 0 Å². The molecule has 2 aromatic rings. The zero-order chi connectivity index (χ0) is 15.2. The molecule has 1 unspecified atom stereocenters. The second-order valence-corrected chi connectivity index (χ2v) is 5.75. The summed E-state index contributed by atoms with van der Waals surface area (Å²) in [5.74, 6) is 0. The summed E-state index contributed by atoms with van der Waals surface area (Å²) in [4.78, 5) is 2.35. The molecule has 0 aliphatic carbocycles. The van der Waals surface area contributed by atoms with Gasteiger partial charge in [-0.1, -0.05) is 48.0 Å². The molecule has 2 rings (SSSR count). The molecule has 0 radical (unpaired) electrons. The van der Waals surface area contributed by atoms with E-state index in [1.54, 1.807) is 0 Å². The van der Waals surface area contributed by atoms with Crippen molar-refractivity contribution in [1.29, 1.82) is 0 Å². The summed E-state index contributed by atoms with van der Waals surface area (Å²) in [5.41, 5.74) is 5.35. The predicted molar refractivity (Wildman–Crippen MR) is 92.0 cm³/mol. The van der Waals surface area contributed by atoms with Crippen LogP contribution in [0.4, 0.5) is 5.69 Å². The number of nitrogens with zero attached hydrogens (tertiary/aromatic N) is 1. The maximum Gasteiger partial charge on any atom is 0.0393 e. The smallest absolute Gasteiger partial charge is 0.0393 e. The number of anilines is 1. The van der Waals surface area contributed by atoms with Crippen molar-refractivity contribution in [1.82, 2.24) is 5.32 Å². The van der Waals surface area contributed by atoms with E-state index in [2.05, 4.69) is 79.6 Å². The molecule has 0 saturated heterocycles. The Hall–Kier alpha value is -1.80. The molecule has 0 fully saturated rings. The minimum Gasteiger partial charge on any atom is -0.374 e. The van der Waals surface area contributed by atoms with Crippen LogP contribution in [-0.4, -0.2) is 20.6 Å². The van der Waals surface area contributed by atoms with Gasteiger partial charge in [-0.3, -0.25) is 0 Å². The molecule has 0 heterocycles. The van der Waals surface area contributed by atoms with E-state index in [0.29, 0.717) is 6.04 Å². The summed E-state index contributed by atoms with van der Waals surface area (Å²) < 4.78 is 0. The van der Waals surface area contributed by atoms with Crippen LogP contribution in [0.15, 0.2) is 48.5 Å². The molecule has 2 aromatic carbocycles. The van der Waals surface area contributed by atoms with Crippen LogP contribution in [0.25, 0.3) is 0 Å². The molecular weight excluding hydrogens is 256 g/mol. The molecular formula is C19H26N2. The van der Waals surface area contributed by atoms with Crippen LogP contribution in [0.1, 0.15) is 29.2 Å². The number of aryl methyl sites for hydroxylation is 2. The van der Waals surface area contributed by atoms with E-state index in [0.717, 1.165) is 13.0 Å². The van der Waals surface area contributed by atoms with Gasteiger partial charge in [-0.15, -0.1) is 0 Å². The van der Waals surface area contributed by atoms with E-state index in [4.69, 9.17) is 0 Å². The topological polar surface area (TPSA) is 15.3 Å². The number of benzene rings is 2. The number of rotatable bonds is 6. The summed E-state index contributed by atoms with van der Waals surface area (Å²) in [6.45, 7) is 5.36. The molecule has 1 N–H and O–H groups in total. The molecule has 0 amide bonds. The first-order valence-electron chi connectivity index (χ1n) is 7.62. The molecule has 0 bridgehead atoms. The van der Waals surface area contributed by atoms with Crippen LogP contribution in [0.5, 0.6) is 0 Å². The maximum atomic E-state index is 3.42. The fourth-order valence-corrected chi connectivity index (χ4v) is 2.84. The minimum atomic E-state index is 0.402. The monoisotopic (exact) mass is 282 g/mol. The molecule has 0 saturated carbocycles. The van der Waals surface area contributed by atoms with Crippen molar-refractivity contribution in [2.75, 3.05) is 25.5 Å². The molecule has 112 valence electrons. The lowest BCUT2D eigenvalue weighted by Crippen LogP contribution is -2.25. The van der Waals surface area contributed by atoms with Crippen LogP contribution in [-0.2, 0) is 0 Å². The van der Waals surface area contributed by atoms with Gasteiger partial charge < -0.3 is 10.2 Å². The Bertz CT molecular complexity index is 563. The summed E-state index contributed by atoms with van der Waals surface area (Å²) in [6.07, 6.45) is 1.09. The highest BCUT2D eigenvalue weighted by Crippen LogP contribution is 2.22. The molecule has 2 nitrogen and oxygen atoms in total. The normalized spacial score (nSPS) is 12.2. The summed E-state index contributed by atoms with van der Waals surface area (Å²) >= 11 is 0. The van der Waals surface area contributed by atoms with E-state index in [1.807, 2.05) is 7.05 Å². The first-order chi connectivity index (χ1) is 10.1. The van der Waals surface area contributed by atoms with Crippen molar-refractivity contribution in [3.05, 3.63) is 65.2 Å². The van der Waals surface area contributed by atoms with E-state index in [1.165, 1.54) is 22.4 Å². The SMILES string of the molecule is CNC(CCN(C)c1ccc(C)cc1C)c1ccccc1. The average molecular weight is 282 g/mol. The van der Waals surface area contributed by atoms with Crippen molar-refractivity contribution in [2.24, 2.45) is 0 Å². The van der Waals surface area contributed by atoms with Crippen LogP contribution in [0.2, 0.25) is 0 Å². The zero-order valence-corrected chi connectivity index (χ0v) is 13.6. The Labute approximate surface area is 128 Å². The zero-order valence-electron chi connectivity index (χ0n) is 13.6. The maximum absolute atomic E-state index is 3.42. The Balaban J connectivity index is 2.01. The Morgan fingerprint density at radius 2 is 1.76 bits per heavy atom. The highest BCUT2D eigenvalue weighted by Gasteiger charge is 2.11. The Kier molecular flexibility index (Phi) is 5.40. The first kappa shape index (κ1) is 15.6. The van der Waals surface area contributed by atoms with Crippen LogP contribution in [0.3, 0.4) is 0 Å². The standard InChI is InChI=1S/C19H26N2/c1-15-10-11-19(16(2)14-15)21(4)13-12-18(20-3)17-8-6-5-7-9-17/h5-11,14,18,20H,12-13H2,1-4H3. The van der Waals surface area contributed by atoms with Crippen LogP contribution in [0, 0.1) is 13.8 Å². The first-order valence-corrected chi connectivity index (χ1v) is 7.62. The number of hydrogen-bond acceptors (Lipinski definition) is 2. The van der Waals surface area contributed by atoms with Crippen LogP contribution >= 0.6 is 0 Å². The quantitative estimate of drug-likeness (QED) is 0.858. The number of nitrogens with one attached hydrogen (secondary N) is 1. The van der Waals surface area contributed by atoms with Gasteiger partial charge in [-0.2, -0.15) is 0 Å². The van der Waals surface area contributed by atoms with E-state index >= 15 is 0 Å². The lowest BCUT2D eigenvalue weighted by molar-refractivity contribution is 0.549. The van der Waals surface area contributed by atoms with Gasteiger partial charge in [0, 0.05) is 25.3 Å². The van der Waals surface area contributed by atoms with E-state index in [-0.39, 0.29) is 0 Å². The highest BCUT2D eigenvalue weighted by atomic mass is 15.1. The van der Waals surface area contributed by atoms with E-state index in [9.17, 15) is 0 Å². The highest BCUT2D eigenvalue weighted by molar-refractivity contribution is 5.53. The molecule has 21 heavy (non-hydrogen) atoms. The lowest BCUT2D eigenvalue weighted by atomic mass is 10.0. The predicted octanol–water partition coefficient (Wildman–Crippen LogP) is 4.09. The molecule has 0 aliphatic heterocycles. The van der Waals surface area contributed by atoms with Gasteiger partial charge >= 0.3 is 0 Å². The number of hydrogen-bond donors (Lipinski definition) is 1. The van der Waals surface area contributed by atoms with Crippen molar-refractivity contribution >= 4 is 5.69 Å². The fraction of sp³-hybridized carbons (Fsp3) is 0.368. The molecule has 1 atom stereocenters. The summed E-state index contributed by atoms with van der Waals surface area (Å²) in [6, 6.07) is 17.7. The Morgan fingerprint density at radius 1 is 1.05 bits per heavy atom. The largest absolute Gasteiger partial charge is 0.374 e.